The first-order valence-corrected chi connectivity index (χ1v) is 12.2. The summed E-state index contributed by atoms with van der Waals surface area (Å²) in [5.74, 6) is 1.04. The Balaban J connectivity index is 1.43. The van der Waals surface area contributed by atoms with Crippen molar-refractivity contribution >= 4 is 45.1 Å². The highest BCUT2D eigenvalue weighted by Crippen LogP contribution is 2.33. The van der Waals surface area contributed by atoms with Crippen LogP contribution in [-0.4, -0.2) is 35.0 Å². The van der Waals surface area contributed by atoms with Crippen molar-refractivity contribution in [3.05, 3.63) is 68.3 Å². The largest absolute Gasteiger partial charge is 0.437 e. The molecule has 3 aromatic rings. The van der Waals surface area contributed by atoms with Crippen LogP contribution in [0.3, 0.4) is 0 Å². The number of carbonyl (C=O) groups is 1. The number of halogens is 2. The van der Waals surface area contributed by atoms with Gasteiger partial charge in [0, 0.05) is 35.4 Å². The molecule has 0 bridgehead atoms. The monoisotopic (exact) mass is 554 g/mol. The number of piperidine rings is 1. The van der Waals surface area contributed by atoms with E-state index in [2.05, 4.69) is 42.2 Å². The molecule has 0 atom stereocenters. The number of nitrogens with one attached hydrogen (secondary N) is 1. The quantitative estimate of drug-likeness (QED) is 0.421. The van der Waals surface area contributed by atoms with Crippen LogP contribution >= 0.6 is 27.5 Å². The highest BCUT2D eigenvalue weighted by Gasteiger charge is 2.22. The molecule has 8 nitrogen and oxygen atoms in total. The van der Waals surface area contributed by atoms with Crippen molar-refractivity contribution in [1.29, 1.82) is 5.26 Å². The van der Waals surface area contributed by atoms with E-state index in [1.807, 2.05) is 19.9 Å². The van der Waals surface area contributed by atoms with Gasteiger partial charge in [-0.05, 0) is 84.1 Å². The molecule has 10 heteroatoms. The molecule has 0 saturated carbocycles. The Hall–Kier alpha value is -3.35. The Morgan fingerprint density at radius 2 is 1.91 bits per heavy atom. The maximum absolute atomic E-state index is 11.6. The van der Waals surface area contributed by atoms with Gasteiger partial charge in [-0.2, -0.15) is 10.2 Å². The predicted octanol–water partition coefficient (Wildman–Crippen LogP) is 5.35. The van der Waals surface area contributed by atoms with Crippen molar-refractivity contribution in [2.45, 2.75) is 32.7 Å². The number of rotatable bonds is 6. The van der Waals surface area contributed by atoms with E-state index in [4.69, 9.17) is 22.1 Å². The zero-order valence-corrected chi connectivity index (χ0v) is 21.7. The smallest absolute Gasteiger partial charge is 0.248 e. The molecule has 0 aliphatic carbocycles. The summed E-state index contributed by atoms with van der Waals surface area (Å²) in [6.45, 7) is 5.36. The number of hydrogen-bond acceptors (Lipinski definition) is 7. The molecule has 1 aromatic heterocycles. The second-order valence-corrected chi connectivity index (χ2v) is 9.76. The summed E-state index contributed by atoms with van der Waals surface area (Å²) in [5, 5.41) is 13.1. The number of primary amides is 1. The molecule has 2 heterocycles. The molecule has 0 spiro atoms. The van der Waals surface area contributed by atoms with Gasteiger partial charge < -0.3 is 20.7 Å². The summed E-state index contributed by atoms with van der Waals surface area (Å²) >= 11 is 9.64. The SMILES string of the molecule is Cc1cc(C#N)cc(C)c1Oc1nc(NC2CCN(c3cc(Cl)cc(C(N)=O)c3)CC2)ncc1Br. The molecule has 1 aliphatic rings. The normalized spacial score (nSPS) is 13.9. The third kappa shape index (κ3) is 5.84. The number of carbonyl (C=O) groups excluding carboxylic acids is 1. The van der Waals surface area contributed by atoms with E-state index in [0.717, 1.165) is 42.7 Å². The first-order valence-electron chi connectivity index (χ1n) is 11.1. The average Bonchev–Trinajstić information content (AvgIpc) is 2.83. The lowest BCUT2D eigenvalue weighted by Crippen LogP contribution is -2.39. The Bertz CT molecular complexity index is 1290. The van der Waals surface area contributed by atoms with E-state index in [1.54, 1.807) is 30.5 Å². The Morgan fingerprint density at radius 3 is 2.54 bits per heavy atom. The van der Waals surface area contributed by atoms with E-state index in [9.17, 15) is 10.1 Å². The van der Waals surface area contributed by atoms with Gasteiger partial charge in [0.05, 0.1) is 22.3 Å². The molecular weight excluding hydrogens is 532 g/mol. The molecule has 35 heavy (non-hydrogen) atoms. The van der Waals surface area contributed by atoms with Gasteiger partial charge >= 0.3 is 0 Å². The molecule has 180 valence electrons. The first-order chi connectivity index (χ1) is 16.7. The zero-order valence-electron chi connectivity index (χ0n) is 19.3. The zero-order chi connectivity index (χ0) is 25.1. The standard InChI is InChI=1S/C25H24BrClN6O2/c1-14-7-16(12-28)8-15(2)22(14)35-24-21(26)13-30-25(32-24)31-19-3-5-33(6-4-19)20-10-17(23(29)34)9-18(27)11-20/h7-11,13,19H,3-6H2,1-2H3,(H2,29,34)(H,30,31,32). The lowest BCUT2D eigenvalue weighted by Gasteiger charge is -2.34. The fourth-order valence-electron chi connectivity index (χ4n) is 4.13. The molecule has 1 amide bonds. The van der Waals surface area contributed by atoms with Crippen molar-refractivity contribution in [1.82, 2.24) is 9.97 Å². The molecule has 1 fully saturated rings. The number of aryl methyl sites for hydroxylation is 2. The topological polar surface area (TPSA) is 117 Å². The maximum Gasteiger partial charge on any atom is 0.248 e. The molecular formula is C25H24BrClN6O2. The lowest BCUT2D eigenvalue weighted by atomic mass is 10.0. The highest BCUT2D eigenvalue weighted by atomic mass is 79.9. The average molecular weight is 556 g/mol. The van der Waals surface area contributed by atoms with Crippen LogP contribution in [-0.2, 0) is 0 Å². The maximum atomic E-state index is 11.6. The summed E-state index contributed by atoms with van der Waals surface area (Å²) in [5.41, 5.74) is 9.01. The van der Waals surface area contributed by atoms with Crippen LogP contribution in [0.5, 0.6) is 11.6 Å². The fourth-order valence-corrected chi connectivity index (χ4v) is 4.63. The third-order valence-electron chi connectivity index (χ3n) is 5.86. The summed E-state index contributed by atoms with van der Waals surface area (Å²) < 4.78 is 6.74. The number of nitriles is 1. The van der Waals surface area contributed by atoms with Crippen LogP contribution in [0.1, 0.15) is 39.9 Å². The predicted molar refractivity (Wildman–Crippen MR) is 139 cm³/mol. The van der Waals surface area contributed by atoms with Crippen LogP contribution in [0.15, 0.2) is 41.0 Å². The number of anilines is 2. The van der Waals surface area contributed by atoms with Crippen LogP contribution in [0.4, 0.5) is 11.6 Å². The van der Waals surface area contributed by atoms with Crippen molar-refractivity contribution in [2.24, 2.45) is 5.73 Å². The summed E-state index contributed by atoms with van der Waals surface area (Å²) in [4.78, 5) is 22.7. The number of amides is 1. The minimum Gasteiger partial charge on any atom is -0.437 e. The number of benzene rings is 2. The summed E-state index contributed by atoms with van der Waals surface area (Å²) in [7, 11) is 0. The molecule has 3 N–H and O–H groups in total. The van der Waals surface area contributed by atoms with Gasteiger partial charge in [-0.3, -0.25) is 4.79 Å². The third-order valence-corrected chi connectivity index (χ3v) is 6.62. The Labute approximate surface area is 217 Å². The molecule has 1 saturated heterocycles. The van der Waals surface area contributed by atoms with E-state index in [0.29, 0.717) is 38.2 Å². The molecule has 2 aromatic carbocycles. The molecule has 4 rings (SSSR count). The first kappa shape index (κ1) is 24.8. The van der Waals surface area contributed by atoms with E-state index in [1.165, 1.54) is 0 Å². The summed E-state index contributed by atoms with van der Waals surface area (Å²) in [6.07, 6.45) is 3.36. The summed E-state index contributed by atoms with van der Waals surface area (Å²) in [6, 6.07) is 11.1. The molecule has 0 unspecified atom stereocenters. The van der Waals surface area contributed by atoms with Crippen LogP contribution < -0.4 is 20.7 Å². The van der Waals surface area contributed by atoms with E-state index < -0.39 is 5.91 Å². The van der Waals surface area contributed by atoms with Gasteiger partial charge in [0.15, 0.2) is 0 Å². The highest BCUT2D eigenvalue weighted by molar-refractivity contribution is 9.10. The molecule has 1 aliphatic heterocycles. The van der Waals surface area contributed by atoms with Crippen LogP contribution in [0, 0.1) is 25.2 Å². The fraction of sp³-hybridized carbons (Fsp3) is 0.280. The van der Waals surface area contributed by atoms with Gasteiger partial charge in [0.1, 0.15) is 5.75 Å². The Kier molecular flexibility index (Phi) is 7.43. The van der Waals surface area contributed by atoms with E-state index >= 15 is 0 Å². The number of aromatic nitrogens is 2. The Morgan fingerprint density at radius 1 is 1.23 bits per heavy atom. The number of nitrogens with zero attached hydrogens (tertiary/aromatic N) is 4. The van der Waals surface area contributed by atoms with E-state index in [-0.39, 0.29) is 6.04 Å². The van der Waals surface area contributed by atoms with Gasteiger partial charge in [0.25, 0.3) is 0 Å². The number of ether oxygens (including phenoxy) is 1. The minimum atomic E-state index is -0.498. The van der Waals surface area contributed by atoms with Crippen molar-refractivity contribution < 1.29 is 9.53 Å². The van der Waals surface area contributed by atoms with Crippen LogP contribution in [0.2, 0.25) is 5.02 Å². The molecule has 0 radical (unpaired) electrons. The van der Waals surface area contributed by atoms with Gasteiger partial charge in [-0.15, -0.1) is 0 Å². The number of hydrogen-bond donors (Lipinski definition) is 2. The lowest BCUT2D eigenvalue weighted by molar-refractivity contribution is 0.100. The van der Waals surface area contributed by atoms with Gasteiger partial charge in [-0.1, -0.05) is 11.6 Å². The van der Waals surface area contributed by atoms with Crippen LogP contribution in [0.25, 0.3) is 0 Å². The number of nitrogens with two attached hydrogens (primary N) is 1. The second-order valence-electron chi connectivity index (χ2n) is 8.47. The van der Waals surface area contributed by atoms with Gasteiger partial charge in [-0.25, -0.2) is 4.98 Å². The van der Waals surface area contributed by atoms with Crippen molar-refractivity contribution in [3.63, 3.8) is 0 Å². The minimum absolute atomic E-state index is 0.174. The van der Waals surface area contributed by atoms with Gasteiger partial charge in [0.2, 0.25) is 17.7 Å². The van der Waals surface area contributed by atoms with Crippen molar-refractivity contribution in [2.75, 3.05) is 23.3 Å². The second kappa shape index (κ2) is 10.5. The van der Waals surface area contributed by atoms with Crippen molar-refractivity contribution in [3.8, 4) is 17.7 Å².